The number of imidazole rings is 1. The van der Waals surface area contributed by atoms with E-state index in [9.17, 15) is 5.11 Å². The van der Waals surface area contributed by atoms with Gasteiger partial charge in [-0.15, -0.1) is 0 Å². The highest BCUT2D eigenvalue weighted by molar-refractivity contribution is 14.1. The molecule has 3 rings (SSSR count). The molecule has 0 radical (unpaired) electrons. The number of methoxy groups -OCH3 is 1. The second kappa shape index (κ2) is 5.72. The van der Waals surface area contributed by atoms with Crippen LogP contribution in [0.4, 0.5) is 0 Å². The Hall–Kier alpha value is -2.09. The minimum atomic E-state index is 0.142. The van der Waals surface area contributed by atoms with Crippen molar-refractivity contribution in [1.82, 2.24) is 9.66 Å². The zero-order valence-corrected chi connectivity index (χ0v) is 13.4. The third-order valence-electron chi connectivity index (χ3n) is 3.04. The molecule has 2 aromatic carbocycles. The minimum absolute atomic E-state index is 0.142. The average molecular weight is 393 g/mol. The lowest BCUT2D eigenvalue weighted by Crippen LogP contribution is -1.92. The molecule has 3 aromatic rings. The number of fused-ring (bicyclic) bond motifs is 1. The summed E-state index contributed by atoms with van der Waals surface area (Å²) in [5, 5.41) is 14.2. The van der Waals surface area contributed by atoms with Gasteiger partial charge in [0, 0.05) is 0 Å². The monoisotopic (exact) mass is 393 g/mol. The number of aromatic hydroxyl groups is 1. The molecule has 0 spiro atoms. The molecule has 106 valence electrons. The van der Waals surface area contributed by atoms with Crippen LogP contribution >= 0.6 is 22.6 Å². The fraction of sp³-hybridized carbons (Fsp3) is 0.0667. The summed E-state index contributed by atoms with van der Waals surface area (Å²) in [5.41, 5.74) is 2.67. The highest BCUT2D eigenvalue weighted by Crippen LogP contribution is 2.31. The Kier molecular flexibility index (Phi) is 3.78. The van der Waals surface area contributed by atoms with E-state index in [1.807, 2.05) is 30.3 Å². The zero-order valence-electron chi connectivity index (χ0n) is 11.2. The Morgan fingerprint density at radius 1 is 1.33 bits per heavy atom. The number of aromatic nitrogens is 2. The Bertz CT molecular complexity index is 827. The van der Waals surface area contributed by atoms with Gasteiger partial charge in [-0.05, 0) is 52.4 Å². The fourth-order valence-corrected chi connectivity index (χ4v) is 2.62. The summed E-state index contributed by atoms with van der Waals surface area (Å²) in [6.07, 6.45) is 3.38. The topological polar surface area (TPSA) is 59.6 Å². The van der Waals surface area contributed by atoms with Crippen molar-refractivity contribution in [3.63, 3.8) is 0 Å². The molecule has 1 aromatic heterocycles. The zero-order chi connectivity index (χ0) is 14.8. The first kappa shape index (κ1) is 13.9. The number of phenolic OH excluding ortho intramolecular Hbond substituents is 1. The summed E-state index contributed by atoms with van der Waals surface area (Å²) in [6.45, 7) is 0. The van der Waals surface area contributed by atoms with Gasteiger partial charge in [0.05, 0.1) is 27.9 Å². The van der Waals surface area contributed by atoms with E-state index in [1.165, 1.54) is 7.11 Å². The van der Waals surface area contributed by atoms with Gasteiger partial charge in [0.25, 0.3) is 0 Å². The second-order valence-corrected chi connectivity index (χ2v) is 5.54. The van der Waals surface area contributed by atoms with Gasteiger partial charge in [0.1, 0.15) is 6.33 Å². The van der Waals surface area contributed by atoms with E-state index in [1.54, 1.807) is 23.3 Å². The van der Waals surface area contributed by atoms with Crippen molar-refractivity contribution in [2.45, 2.75) is 0 Å². The van der Waals surface area contributed by atoms with Crippen LogP contribution in [0.1, 0.15) is 5.56 Å². The van der Waals surface area contributed by atoms with Crippen molar-refractivity contribution < 1.29 is 9.84 Å². The van der Waals surface area contributed by atoms with Crippen molar-refractivity contribution in [3.8, 4) is 11.5 Å². The Morgan fingerprint density at radius 3 is 2.95 bits per heavy atom. The lowest BCUT2D eigenvalue weighted by molar-refractivity contribution is 0.371. The molecule has 0 aliphatic heterocycles. The number of rotatable bonds is 3. The van der Waals surface area contributed by atoms with Gasteiger partial charge in [0.2, 0.25) is 0 Å². The Morgan fingerprint density at radius 2 is 2.14 bits per heavy atom. The van der Waals surface area contributed by atoms with Crippen molar-refractivity contribution >= 4 is 39.8 Å². The predicted octanol–water partition coefficient (Wildman–Crippen LogP) is 3.24. The molecule has 0 amide bonds. The smallest absolute Gasteiger partial charge is 0.171 e. The molecular formula is C15H12IN3O2. The molecule has 1 heterocycles. The van der Waals surface area contributed by atoms with Gasteiger partial charge >= 0.3 is 0 Å². The van der Waals surface area contributed by atoms with E-state index in [2.05, 4.69) is 32.7 Å². The van der Waals surface area contributed by atoms with E-state index in [4.69, 9.17) is 4.74 Å². The molecule has 5 nitrogen and oxygen atoms in total. The summed E-state index contributed by atoms with van der Waals surface area (Å²) in [5.74, 6) is 0.571. The van der Waals surface area contributed by atoms with Crippen LogP contribution in [-0.2, 0) is 0 Å². The van der Waals surface area contributed by atoms with Crippen LogP contribution in [0, 0.1) is 3.57 Å². The fourth-order valence-electron chi connectivity index (χ4n) is 1.99. The van der Waals surface area contributed by atoms with Crippen LogP contribution in [0.15, 0.2) is 47.8 Å². The van der Waals surface area contributed by atoms with E-state index in [0.29, 0.717) is 9.32 Å². The minimum Gasteiger partial charge on any atom is -0.504 e. The third-order valence-corrected chi connectivity index (χ3v) is 3.86. The summed E-state index contributed by atoms with van der Waals surface area (Å²) in [6, 6.07) is 11.4. The molecular weight excluding hydrogens is 381 g/mol. The largest absolute Gasteiger partial charge is 0.504 e. The number of hydrogen-bond acceptors (Lipinski definition) is 4. The summed E-state index contributed by atoms with van der Waals surface area (Å²) < 4.78 is 7.56. The molecule has 0 fully saturated rings. The molecule has 6 heteroatoms. The number of para-hydroxylation sites is 2. The molecule has 0 saturated heterocycles. The SMILES string of the molecule is COc1cc(/C=N/n2cnc3ccccc32)cc(I)c1O. The van der Waals surface area contributed by atoms with Gasteiger partial charge in [-0.25, -0.2) is 9.66 Å². The molecule has 0 aliphatic rings. The maximum atomic E-state index is 9.82. The number of nitrogens with zero attached hydrogens (tertiary/aromatic N) is 3. The van der Waals surface area contributed by atoms with E-state index in [0.717, 1.165) is 16.6 Å². The van der Waals surface area contributed by atoms with E-state index >= 15 is 0 Å². The molecule has 0 aliphatic carbocycles. The summed E-state index contributed by atoms with van der Waals surface area (Å²) in [7, 11) is 1.52. The quantitative estimate of drug-likeness (QED) is 0.549. The van der Waals surface area contributed by atoms with Crippen LogP contribution in [0.25, 0.3) is 11.0 Å². The molecule has 0 unspecified atom stereocenters. The third kappa shape index (κ3) is 2.71. The highest BCUT2D eigenvalue weighted by atomic mass is 127. The summed E-state index contributed by atoms with van der Waals surface area (Å²) in [4.78, 5) is 4.28. The van der Waals surface area contributed by atoms with Gasteiger partial charge in [0.15, 0.2) is 11.5 Å². The van der Waals surface area contributed by atoms with Crippen LogP contribution in [0.3, 0.4) is 0 Å². The number of benzene rings is 2. The normalized spacial score (nSPS) is 11.3. The van der Waals surface area contributed by atoms with Crippen molar-refractivity contribution in [3.05, 3.63) is 51.9 Å². The molecule has 1 N–H and O–H groups in total. The molecule has 21 heavy (non-hydrogen) atoms. The Balaban J connectivity index is 1.98. The number of hydrogen-bond donors (Lipinski definition) is 1. The molecule has 0 bridgehead atoms. The highest BCUT2D eigenvalue weighted by Gasteiger charge is 2.07. The van der Waals surface area contributed by atoms with Gasteiger partial charge < -0.3 is 9.84 Å². The first-order valence-corrected chi connectivity index (χ1v) is 7.30. The lowest BCUT2D eigenvalue weighted by Gasteiger charge is -2.06. The number of phenols is 1. The average Bonchev–Trinajstić information content (AvgIpc) is 2.91. The first-order chi connectivity index (χ1) is 10.2. The van der Waals surface area contributed by atoms with Crippen LogP contribution in [-0.4, -0.2) is 28.1 Å². The van der Waals surface area contributed by atoms with Crippen LogP contribution in [0.2, 0.25) is 0 Å². The summed E-state index contributed by atoms with van der Waals surface area (Å²) >= 11 is 2.06. The predicted molar refractivity (Wildman–Crippen MR) is 90.1 cm³/mol. The number of ether oxygens (including phenoxy) is 1. The first-order valence-electron chi connectivity index (χ1n) is 6.22. The van der Waals surface area contributed by atoms with E-state index < -0.39 is 0 Å². The van der Waals surface area contributed by atoms with Gasteiger partial charge in [-0.1, -0.05) is 12.1 Å². The van der Waals surface area contributed by atoms with Crippen molar-refractivity contribution in [2.24, 2.45) is 5.10 Å². The van der Waals surface area contributed by atoms with Crippen molar-refractivity contribution in [2.75, 3.05) is 7.11 Å². The van der Waals surface area contributed by atoms with E-state index in [-0.39, 0.29) is 5.75 Å². The van der Waals surface area contributed by atoms with Gasteiger partial charge in [-0.3, -0.25) is 0 Å². The van der Waals surface area contributed by atoms with Crippen LogP contribution < -0.4 is 4.74 Å². The maximum Gasteiger partial charge on any atom is 0.171 e. The van der Waals surface area contributed by atoms with Gasteiger partial charge in [-0.2, -0.15) is 5.10 Å². The maximum absolute atomic E-state index is 9.82. The molecule has 0 saturated carbocycles. The van der Waals surface area contributed by atoms with Crippen molar-refractivity contribution in [1.29, 1.82) is 0 Å². The second-order valence-electron chi connectivity index (χ2n) is 4.38. The lowest BCUT2D eigenvalue weighted by atomic mass is 10.2. The standard InChI is InChI=1S/C15H12IN3O2/c1-21-14-7-10(6-11(16)15(14)20)8-18-19-9-17-12-4-2-3-5-13(12)19/h2-9,20H,1H3/b18-8+. The Labute approximate surface area is 135 Å². The number of halogens is 1. The van der Waals surface area contributed by atoms with Crippen LogP contribution in [0.5, 0.6) is 11.5 Å². The molecule has 0 atom stereocenters.